The highest BCUT2D eigenvalue weighted by Gasteiger charge is 2.37. The van der Waals surface area contributed by atoms with Crippen molar-refractivity contribution in [1.29, 1.82) is 0 Å². The van der Waals surface area contributed by atoms with E-state index in [1.54, 1.807) is 6.07 Å². The zero-order valence-corrected chi connectivity index (χ0v) is 13.5. The summed E-state index contributed by atoms with van der Waals surface area (Å²) in [5, 5.41) is 5.44. The van der Waals surface area contributed by atoms with Gasteiger partial charge in [0, 0.05) is 19.6 Å². The first kappa shape index (κ1) is 18.5. The van der Waals surface area contributed by atoms with Gasteiger partial charge >= 0.3 is 6.18 Å². The van der Waals surface area contributed by atoms with Crippen LogP contribution >= 0.6 is 12.4 Å². The van der Waals surface area contributed by atoms with E-state index >= 15 is 0 Å². The number of piperazine rings is 1. The third-order valence-corrected chi connectivity index (χ3v) is 4.15. The van der Waals surface area contributed by atoms with Crippen molar-refractivity contribution >= 4 is 24.2 Å². The second kappa shape index (κ2) is 6.98. The molecular formula is C15H17ClF3N3O2. The summed E-state index contributed by atoms with van der Waals surface area (Å²) in [6, 6.07) is 3.38. The van der Waals surface area contributed by atoms with E-state index in [9.17, 15) is 22.8 Å². The molecule has 1 unspecified atom stereocenters. The van der Waals surface area contributed by atoms with Crippen LogP contribution in [0, 0.1) is 0 Å². The lowest BCUT2D eigenvalue weighted by molar-refractivity contribution is -0.139. The molecule has 1 fully saturated rings. The Morgan fingerprint density at radius 1 is 1.29 bits per heavy atom. The number of alkyl halides is 3. The Hall–Kier alpha value is -1.80. The molecule has 1 saturated heterocycles. The summed E-state index contributed by atoms with van der Waals surface area (Å²) in [6.45, 7) is 0.841. The summed E-state index contributed by atoms with van der Waals surface area (Å²) in [4.78, 5) is 25.3. The summed E-state index contributed by atoms with van der Waals surface area (Å²) in [7, 11) is 0. The monoisotopic (exact) mass is 363 g/mol. The van der Waals surface area contributed by atoms with Crippen LogP contribution < -0.4 is 10.6 Å². The number of hydrogen-bond donors (Lipinski definition) is 2. The fraction of sp³-hybridized carbons (Fsp3) is 0.467. The molecule has 3 rings (SSSR count). The van der Waals surface area contributed by atoms with Gasteiger partial charge in [0.1, 0.15) is 6.04 Å². The molecule has 5 nitrogen and oxygen atoms in total. The highest BCUT2D eigenvalue weighted by molar-refractivity contribution is 5.89. The van der Waals surface area contributed by atoms with E-state index in [0.29, 0.717) is 12.1 Å². The molecule has 0 aromatic heterocycles. The zero-order valence-electron chi connectivity index (χ0n) is 12.7. The molecule has 24 heavy (non-hydrogen) atoms. The molecule has 0 radical (unpaired) electrons. The van der Waals surface area contributed by atoms with Crippen LogP contribution in [0.25, 0.3) is 0 Å². The smallest absolute Gasteiger partial charge is 0.342 e. The van der Waals surface area contributed by atoms with Crippen molar-refractivity contribution in [2.45, 2.75) is 25.2 Å². The molecule has 132 valence electrons. The summed E-state index contributed by atoms with van der Waals surface area (Å²) in [6.07, 6.45) is -4.23. The standard InChI is InChI=1S/C15H16F3N3O2.ClH/c16-15(17,18)11-3-1-2-9-8-21(5-4-10(9)11)14(23)12-6-19-7-13(22)20-12;/h1-3,12,19H,4-8H2,(H,20,22);1H. The lowest BCUT2D eigenvalue weighted by Gasteiger charge is -2.34. The van der Waals surface area contributed by atoms with Gasteiger partial charge in [-0.2, -0.15) is 13.2 Å². The van der Waals surface area contributed by atoms with Crippen molar-refractivity contribution < 1.29 is 22.8 Å². The molecule has 2 aliphatic heterocycles. The van der Waals surface area contributed by atoms with Crippen molar-refractivity contribution in [3.63, 3.8) is 0 Å². The minimum absolute atomic E-state index is 0. The number of carbonyl (C=O) groups is 2. The van der Waals surface area contributed by atoms with Gasteiger partial charge in [-0.05, 0) is 23.6 Å². The molecule has 0 spiro atoms. The van der Waals surface area contributed by atoms with Crippen LogP contribution in [0.4, 0.5) is 13.2 Å². The summed E-state index contributed by atoms with van der Waals surface area (Å²) in [5.41, 5.74) is 0.138. The summed E-state index contributed by atoms with van der Waals surface area (Å²) < 4.78 is 39.1. The van der Waals surface area contributed by atoms with Gasteiger partial charge in [0.25, 0.3) is 0 Å². The molecular weight excluding hydrogens is 347 g/mol. The van der Waals surface area contributed by atoms with E-state index < -0.39 is 17.8 Å². The first-order valence-corrected chi connectivity index (χ1v) is 7.33. The maximum Gasteiger partial charge on any atom is 0.416 e. The van der Waals surface area contributed by atoms with Crippen LogP contribution in [0.2, 0.25) is 0 Å². The van der Waals surface area contributed by atoms with Crippen molar-refractivity contribution in [1.82, 2.24) is 15.5 Å². The average Bonchev–Trinajstić information content (AvgIpc) is 2.52. The molecule has 0 aliphatic carbocycles. The quantitative estimate of drug-likeness (QED) is 0.785. The topological polar surface area (TPSA) is 61.4 Å². The van der Waals surface area contributed by atoms with Crippen LogP contribution in [0.5, 0.6) is 0 Å². The van der Waals surface area contributed by atoms with E-state index in [1.807, 2.05) is 0 Å². The number of carbonyl (C=O) groups excluding carboxylic acids is 2. The van der Waals surface area contributed by atoms with Crippen molar-refractivity contribution in [3.05, 3.63) is 34.9 Å². The van der Waals surface area contributed by atoms with E-state index in [1.165, 1.54) is 11.0 Å². The molecule has 2 N–H and O–H groups in total. The molecule has 1 atom stereocenters. The SMILES string of the molecule is Cl.O=C1CNCC(C(=O)N2CCc3c(cccc3C(F)(F)F)C2)N1. The number of rotatable bonds is 1. The van der Waals surface area contributed by atoms with Crippen LogP contribution in [0.1, 0.15) is 16.7 Å². The van der Waals surface area contributed by atoms with Gasteiger partial charge in [-0.15, -0.1) is 12.4 Å². The van der Waals surface area contributed by atoms with Crippen molar-refractivity contribution in [2.24, 2.45) is 0 Å². The van der Waals surface area contributed by atoms with Crippen molar-refractivity contribution in [3.8, 4) is 0 Å². The molecule has 1 aromatic carbocycles. The lowest BCUT2D eigenvalue weighted by atomic mass is 9.93. The molecule has 0 bridgehead atoms. The van der Waals surface area contributed by atoms with Crippen LogP contribution in [0.3, 0.4) is 0 Å². The van der Waals surface area contributed by atoms with E-state index in [4.69, 9.17) is 0 Å². The second-order valence-corrected chi connectivity index (χ2v) is 5.70. The van der Waals surface area contributed by atoms with E-state index in [0.717, 1.165) is 6.07 Å². The third-order valence-electron chi connectivity index (χ3n) is 4.15. The highest BCUT2D eigenvalue weighted by Crippen LogP contribution is 2.35. The first-order chi connectivity index (χ1) is 10.9. The Labute approximate surface area is 143 Å². The Kier molecular flexibility index (Phi) is 5.39. The molecule has 2 amide bonds. The first-order valence-electron chi connectivity index (χ1n) is 7.33. The lowest BCUT2D eigenvalue weighted by Crippen LogP contribution is -2.59. The maximum atomic E-state index is 13.0. The predicted octanol–water partition coefficient (Wildman–Crippen LogP) is 1.10. The molecule has 2 heterocycles. The Balaban J connectivity index is 0.00000208. The van der Waals surface area contributed by atoms with Gasteiger partial charge in [-0.25, -0.2) is 0 Å². The summed E-state index contributed by atoms with van der Waals surface area (Å²) >= 11 is 0. The molecule has 9 heteroatoms. The number of fused-ring (bicyclic) bond motifs is 1. The number of halogens is 4. The fourth-order valence-corrected chi connectivity index (χ4v) is 3.06. The van der Waals surface area contributed by atoms with Crippen molar-refractivity contribution in [2.75, 3.05) is 19.6 Å². The average molecular weight is 364 g/mol. The third kappa shape index (κ3) is 3.64. The normalized spacial score (nSPS) is 20.7. The highest BCUT2D eigenvalue weighted by atomic mass is 35.5. The van der Waals surface area contributed by atoms with E-state index in [-0.39, 0.29) is 55.8 Å². The number of nitrogens with one attached hydrogen (secondary N) is 2. The molecule has 2 aliphatic rings. The predicted molar refractivity (Wildman–Crippen MR) is 82.6 cm³/mol. The number of nitrogens with zero attached hydrogens (tertiary/aromatic N) is 1. The Bertz CT molecular complexity index is 651. The molecule has 1 aromatic rings. The fourth-order valence-electron chi connectivity index (χ4n) is 3.06. The number of amides is 2. The van der Waals surface area contributed by atoms with Crippen LogP contribution in [0.15, 0.2) is 18.2 Å². The number of benzene rings is 1. The Morgan fingerprint density at radius 2 is 2.04 bits per heavy atom. The second-order valence-electron chi connectivity index (χ2n) is 5.70. The molecule has 0 saturated carbocycles. The Morgan fingerprint density at radius 3 is 2.71 bits per heavy atom. The van der Waals surface area contributed by atoms with Gasteiger partial charge in [0.15, 0.2) is 0 Å². The summed E-state index contributed by atoms with van der Waals surface area (Å²) in [5.74, 6) is -0.528. The zero-order chi connectivity index (χ0) is 16.6. The van der Waals surface area contributed by atoms with Gasteiger partial charge < -0.3 is 15.5 Å². The maximum absolute atomic E-state index is 13.0. The van der Waals surface area contributed by atoms with Gasteiger partial charge in [0.2, 0.25) is 11.8 Å². The minimum atomic E-state index is -4.39. The van der Waals surface area contributed by atoms with Gasteiger partial charge in [-0.3, -0.25) is 9.59 Å². The minimum Gasteiger partial charge on any atom is -0.342 e. The van der Waals surface area contributed by atoms with E-state index in [2.05, 4.69) is 10.6 Å². The largest absolute Gasteiger partial charge is 0.416 e. The van der Waals surface area contributed by atoms with Crippen LogP contribution in [-0.2, 0) is 28.7 Å². The number of hydrogen-bond acceptors (Lipinski definition) is 3. The van der Waals surface area contributed by atoms with Crippen LogP contribution in [-0.4, -0.2) is 42.4 Å². The van der Waals surface area contributed by atoms with Gasteiger partial charge in [-0.1, -0.05) is 12.1 Å². The van der Waals surface area contributed by atoms with Gasteiger partial charge in [0.05, 0.1) is 12.1 Å².